The van der Waals surface area contributed by atoms with E-state index in [1.165, 1.54) is 88.2 Å². The molecule has 332 valence electrons. The van der Waals surface area contributed by atoms with E-state index in [2.05, 4.69) is 240 Å². The van der Waals surface area contributed by atoms with Crippen molar-refractivity contribution in [2.45, 2.75) is 6.04 Å². The van der Waals surface area contributed by atoms with Gasteiger partial charge in [0.1, 0.15) is 33.7 Å². The number of rotatable bonds is 5. The lowest BCUT2D eigenvalue weighted by Gasteiger charge is -2.46. The summed E-state index contributed by atoms with van der Waals surface area (Å²) in [6, 6.07) is 79.8. The summed E-state index contributed by atoms with van der Waals surface area (Å²) in [5, 5.41) is 11.8. The van der Waals surface area contributed by atoms with Gasteiger partial charge in [0.05, 0.1) is 6.04 Å². The summed E-state index contributed by atoms with van der Waals surface area (Å²) in [5.41, 5.74) is 21.6. The highest BCUT2D eigenvalue weighted by Gasteiger charge is 2.48. The van der Waals surface area contributed by atoms with Gasteiger partial charge in [-0.2, -0.15) is 0 Å². The molecule has 13 aromatic rings. The molecule has 0 fully saturated rings. The standard InChI is InChI=1S/C68H39N2O2/c1-3-15-39(16-4-1)41-31-33-43(34-32-41)69-56-37-52(44-25-13-29-60-62(44)50-19-7-9-27-58(50)71-60)46-21-11-23-48-54-35-42(40-17-5-2-6-18-40)36-55-49-24-12-22-47-53(38-57(69)68(65(47)49)70(66(54)55)67(56)64(46)48)45-26-14-30-61-63(45)51-20-8-10-28-59(51)72-61/h1-38,66H/q+1. The largest absolute Gasteiger partial charge is 0.456 e. The SMILES string of the molecule is C1=C(c2ccccc2)C=C2c3cccc4c(-c5cccc6oc7ccccc7c56)cc5c(c34)N3c4c(cc(-c6cccc7oc8ccccc8c67)c6cccc(c46)=C1C23)=[N+]5c1ccc(-c2ccccc2)cc1. The molecular weight excluding hydrogens is 877 g/mol. The van der Waals surface area contributed by atoms with Crippen molar-refractivity contribution in [3.8, 4) is 33.4 Å². The summed E-state index contributed by atoms with van der Waals surface area (Å²) in [5.74, 6) is 0. The van der Waals surface area contributed by atoms with Crippen LogP contribution in [0, 0.1) is 0 Å². The topological polar surface area (TPSA) is 32.5 Å². The van der Waals surface area contributed by atoms with Crippen molar-refractivity contribution in [1.29, 1.82) is 0 Å². The zero-order valence-corrected chi connectivity index (χ0v) is 38.7. The van der Waals surface area contributed by atoms with Crippen molar-refractivity contribution in [2.75, 3.05) is 4.90 Å². The maximum absolute atomic E-state index is 6.61. The van der Waals surface area contributed by atoms with Gasteiger partial charge in [-0.1, -0.05) is 158 Å². The van der Waals surface area contributed by atoms with Gasteiger partial charge in [0.15, 0.2) is 0 Å². The van der Waals surface area contributed by atoms with Gasteiger partial charge in [0.25, 0.3) is 0 Å². The number of furan rings is 2. The van der Waals surface area contributed by atoms with Gasteiger partial charge < -0.3 is 13.7 Å². The van der Waals surface area contributed by atoms with Gasteiger partial charge in [-0.05, 0) is 126 Å². The highest BCUT2D eigenvalue weighted by molar-refractivity contribution is 6.26. The zero-order chi connectivity index (χ0) is 46.8. The minimum absolute atomic E-state index is 0.0621. The van der Waals surface area contributed by atoms with Gasteiger partial charge in [-0.15, -0.1) is 4.58 Å². The zero-order valence-electron chi connectivity index (χ0n) is 38.7. The Hall–Kier alpha value is -9.51. The lowest BCUT2D eigenvalue weighted by Crippen LogP contribution is -2.48. The normalized spacial score (nSPS) is 15.2. The second-order valence-corrected chi connectivity index (χ2v) is 19.6. The summed E-state index contributed by atoms with van der Waals surface area (Å²) >= 11 is 0. The van der Waals surface area contributed by atoms with Crippen LogP contribution in [0.5, 0.6) is 0 Å². The van der Waals surface area contributed by atoms with Crippen molar-refractivity contribution >= 4 is 105 Å². The lowest BCUT2D eigenvalue weighted by molar-refractivity contribution is 0.668. The first-order chi connectivity index (χ1) is 35.7. The molecule has 11 aromatic carbocycles. The average Bonchev–Trinajstić information content (AvgIpc) is 4.03. The molecule has 4 heteroatoms. The Kier molecular flexibility index (Phi) is 7.49. The van der Waals surface area contributed by atoms with Crippen LogP contribution in [0.15, 0.2) is 239 Å². The van der Waals surface area contributed by atoms with Crippen LogP contribution in [0.1, 0.15) is 11.1 Å². The molecule has 0 saturated carbocycles. The lowest BCUT2D eigenvalue weighted by atomic mass is 9.74. The number of anilines is 2. The smallest absolute Gasteiger partial charge is 0.236 e. The Morgan fingerprint density at radius 2 is 0.917 bits per heavy atom. The number of allylic oxidation sites excluding steroid dienone is 2. The monoisotopic (exact) mass is 915 g/mol. The second kappa shape index (κ2) is 14.1. The summed E-state index contributed by atoms with van der Waals surface area (Å²) in [4.78, 5) is 2.73. The summed E-state index contributed by atoms with van der Waals surface area (Å²) in [6.07, 6.45) is 4.97. The van der Waals surface area contributed by atoms with Gasteiger partial charge in [0, 0.05) is 56.6 Å². The highest BCUT2D eigenvalue weighted by Crippen LogP contribution is 2.59. The van der Waals surface area contributed by atoms with Gasteiger partial charge >= 0.3 is 0 Å². The van der Waals surface area contributed by atoms with Gasteiger partial charge in [-0.3, -0.25) is 0 Å². The Morgan fingerprint density at radius 1 is 0.375 bits per heavy atom. The molecule has 0 spiro atoms. The van der Waals surface area contributed by atoms with E-state index in [-0.39, 0.29) is 6.04 Å². The van der Waals surface area contributed by atoms with Crippen LogP contribution < -0.4 is 20.1 Å². The predicted molar refractivity (Wildman–Crippen MR) is 297 cm³/mol. The summed E-state index contributed by atoms with van der Waals surface area (Å²) in [6.45, 7) is 0. The molecule has 0 amide bonds. The van der Waals surface area contributed by atoms with Crippen LogP contribution in [0.3, 0.4) is 0 Å². The first-order valence-corrected chi connectivity index (χ1v) is 24.9. The van der Waals surface area contributed by atoms with Gasteiger partial charge in [-0.25, -0.2) is 0 Å². The molecule has 2 aromatic heterocycles. The van der Waals surface area contributed by atoms with Crippen LogP contribution >= 0.6 is 0 Å². The molecule has 17 rings (SSSR count). The number of nitrogens with zero attached hydrogens (tertiary/aromatic N) is 2. The van der Waals surface area contributed by atoms with E-state index in [9.17, 15) is 0 Å². The summed E-state index contributed by atoms with van der Waals surface area (Å²) in [7, 11) is 0. The van der Waals surface area contributed by atoms with Crippen molar-refractivity contribution < 1.29 is 8.83 Å². The molecule has 5 heterocycles. The van der Waals surface area contributed by atoms with Crippen molar-refractivity contribution in [3.05, 3.63) is 252 Å². The number of benzene rings is 11. The minimum Gasteiger partial charge on any atom is -0.456 e. The maximum atomic E-state index is 6.61. The second-order valence-electron chi connectivity index (χ2n) is 19.6. The van der Waals surface area contributed by atoms with Crippen LogP contribution in [0.25, 0.3) is 116 Å². The van der Waals surface area contributed by atoms with Crippen LogP contribution in [-0.2, 0) is 0 Å². The molecule has 3 aliphatic heterocycles. The number of fused-ring (bicyclic) bond motifs is 7. The molecule has 1 aliphatic carbocycles. The van der Waals surface area contributed by atoms with E-state index in [0.29, 0.717) is 0 Å². The van der Waals surface area contributed by atoms with Crippen LogP contribution in [-0.4, -0.2) is 6.04 Å². The molecule has 1 atom stereocenters. The molecule has 72 heavy (non-hydrogen) atoms. The Bertz CT molecular complexity index is 4780. The molecule has 0 radical (unpaired) electrons. The average molecular weight is 916 g/mol. The van der Waals surface area contributed by atoms with E-state index < -0.39 is 0 Å². The Morgan fingerprint density at radius 3 is 1.61 bits per heavy atom. The van der Waals surface area contributed by atoms with Crippen LogP contribution in [0.4, 0.5) is 22.7 Å². The maximum Gasteiger partial charge on any atom is 0.236 e. The van der Waals surface area contributed by atoms with E-state index in [1.807, 2.05) is 0 Å². The highest BCUT2D eigenvalue weighted by atomic mass is 16.3. The van der Waals surface area contributed by atoms with Crippen molar-refractivity contribution in [2.24, 2.45) is 0 Å². The molecule has 4 aliphatic rings. The third-order valence-corrected chi connectivity index (χ3v) is 16.0. The predicted octanol–water partition coefficient (Wildman–Crippen LogP) is 16.4. The first-order valence-electron chi connectivity index (χ1n) is 24.9. The van der Waals surface area contributed by atoms with E-state index in [1.54, 1.807) is 0 Å². The minimum atomic E-state index is -0.0621. The van der Waals surface area contributed by atoms with Crippen LogP contribution in [0.2, 0.25) is 0 Å². The first kappa shape index (κ1) is 38.4. The van der Waals surface area contributed by atoms with Crippen molar-refractivity contribution in [1.82, 2.24) is 4.58 Å². The number of hydrogen-bond donors (Lipinski definition) is 0. The molecule has 0 bridgehead atoms. The fourth-order valence-electron chi connectivity index (χ4n) is 13.1. The van der Waals surface area contributed by atoms with Gasteiger partial charge in [0.2, 0.25) is 16.7 Å². The van der Waals surface area contributed by atoms with Crippen molar-refractivity contribution in [3.63, 3.8) is 0 Å². The molecule has 4 nitrogen and oxygen atoms in total. The summed E-state index contributed by atoms with van der Waals surface area (Å²) < 4.78 is 15.8. The van der Waals surface area contributed by atoms with E-state index in [0.717, 1.165) is 71.7 Å². The fraction of sp³-hybridized carbons (Fsp3) is 0.0147. The fourth-order valence-corrected chi connectivity index (χ4v) is 13.1. The Balaban J connectivity index is 1.10. The van der Waals surface area contributed by atoms with E-state index in [4.69, 9.17) is 8.83 Å². The third-order valence-electron chi connectivity index (χ3n) is 16.0. The third kappa shape index (κ3) is 5.02. The molecule has 0 saturated heterocycles. The molecular formula is C68H39N2O2+. The molecule has 1 unspecified atom stereocenters. The number of para-hydroxylation sites is 2. The van der Waals surface area contributed by atoms with E-state index >= 15 is 0 Å². The Labute approximate surface area is 412 Å². The quantitative estimate of drug-likeness (QED) is 0.161. The number of hydrogen-bond acceptors (Lipinski definition) is 3. The molecule has 0 N–H and O–H groups in total.